The van der Waals surface area contributed by atoms with Crippen LogP contribution in [0.5, 0.6) is 0 Å². The van der Waals surface area contributed by atoms with Gasteiger partial charge in [0, 0.05) is 19.2 Å². The van der Waals surface area contributed by atoms with Crippen molar-refractivity contribution in [1.29, 1.82) is 5.26 Å². The highest BCUT2D eigenvalue weighted by Gasteiger charge is 2.24. The number of rotatable bonds is 3. The van der Waals surface area contributed by atoms with Gasteiger partial charge in [0.1, 0.15) is 6.07 Å². The summed E-state index contributed by atoms with van der Waals surface area (Å²) >= 11 is 0. The van der Waals surface area contributed by atoms with E-state index in [1.807, 2.05) is 12.1 Å². The molecule has 3 N–H and O–H groups in total. The first-order chi connectivity index (χ1) is 8.77. The van der Waals surface area contributed by atoms with Crippen molar-refractivity contribution >= 4 is 11.4 Å². The summed E-state index contributed by atoms with van der Waals surface area (Å²) in [4.78, 5) is 2.25. The van der Waals surface area contributed by atoms with Gasteiger partial charge in [-0.25, -0.2) is 0 Å². The molecule has 4 nitrogen and oxygen atoms in total. The van der Waals surface area contributed by atoms with Crippen LogP contribution in [0.2, 0.25) is 0 Å². The fourth-order valence-electron chi connectivity index (χ4n) is 2.67. The number of hydrogen-bond acceptors (Lipinski definition) is 4. The molecule has 1 heterocycles. The molecule has 1 aromatic carbocycles. The van der Waals surface area contributed by atoms with Crippen molar-refractivity contribution in [1.82, 2.24) is 0 Å². The molecule has 1 fully saturated rings. The average Bonchev–Trinajstić information content (AvgIpc) is 2.40. The standard InChI is InChI=1S/C14H19N3O/c15-10-11-4-3-6-13(14(11)16)17-8-2-1-5-12(17)7-9-18/h3-4,6,12,18H,1-2,5,7-9,16H2. The molecular formula is C14H19N3O. The molecule has 0 saturated carbocycles. The van der Waals surface area contributed by atoms with Crippen LogP contribution in [-0.4, -0.2) is 24.3 Å². The largest absolute Gasteiger partial charge is 0.396 e. The summed E-state index contributed by atoms with van der Waals surface area (Å²) in [5.41, 5.74) is 8.08. The number of nitrogens with zero attached hydrogens (tertiary/aromatic N) is 2. The number of para-hydroxylation sites is 1. The van der Waals surface area contributed by atoms with Crippen molar-refractivity contribution in [3.05, 3.63) is 23.8 Å². The zero-order valence-electron chi connectivity index (χ0n) is 10.5. The van der Waals surface area contributed by atoms with Gasteiger partial charge in [0.05, 0.1) is 16.9 Å². The Labute approximate surface area is 108 Å². The molecule has 1 aliphatic heterocycles. The van der Waals surface area contributed by atoms with Crippen LogP contribution < -0.4 is 10.6 Å². The molecule has 0 spiro atoms. The van der Waals surface area contributed by atoms with Crippen molar-refractivity contribution in [2.24, 2.45) is 0 Å². The third-order valence-corrected chi connectivity index (χ3v) is 3.60. The van der Waals surface area contributed by atoms with Gasteiger partial charge in [-0.15, -0.1) is 0 Å². The van der Waals surface area contributed by atoms with Crippen molar-refractivity contribution < 1.29 is 5.11 Å². The van der Waals surface area contributed by atoms with Crippen molar-refractivity contribution in [3.63, 3.8) is 0 Å². The van der Waals surface area contributed by atoms with Crippen LogP contribution in [-0.2, 0) is 0 Å². The topological polar surface area (TPSA) is 73.3 Å². The predicted molar refractivity (Wildman–Crippen MR) is 72.3 cm³/mol. The van der Waals surface area contributed by atoms with Crippen LogP contribution in [0, 0.1) is 11.3 Å². The number of benzene rings is 1. The van der Waals surface area contributed by atoms with Crippen LogP contribution in [0.3, 0.4) is 0 Å². The molecule has 1 aliphatic rings. The van der Waals surface area contributed by atoms with E-state index >= 15 is 0 Å². The van der Waals surface area contributed by atoms with E-state index in [0.29, 0.717) is 17.3 Å². The van der Waals surface area contributed by atoms with Crippen molar-refractivity contribution in [2.75, 3.05) is 23.8 Å². The minimum absolute atomic E-state index is 0.193. The van der Waals surface area contributed by atoms with E-state index in [9.17, 15) is 0 Å². The van der Waals surface area contributed by atoms with E-state index in [4.69, 9.17) is 16.1 Å². The Kier molecular flexibility index (Phi) is 4.06. The first-order valence-electron chi connectivity index (χ1n) is 6.44. The van der Waals surface area contributed by atoms with Crippen LogP contribution in [0.1, 0.15) is 31.2 Å². The van der Waals surface area contributed by atoms with Gasteiger partial charge in [-0.05, 0) is 37.8 Å². The van der Waals surface area contributed by atoms with E-state index in [-0.39, 0.29) is 6.61 Å². The predicted octanol–water partition coefficient (Wildman–Crippen LogP) is 1.88. The first kappa shape index (κ1) is 12.7. The molecule has 0 amide bonds. The second kappa shape index (κ2) is 5.74. The lowest BCUT2D eigenvalue weighted by atomic mass is 9.98. The van der Waals surface area contributed by atoms with Gasteiger partial charge in [0.2, 0.25) is 0 Å². The monoisotopic (exact) mass is 245 g/mol. The molecule has 0 aromatic heterocycles. The number of aliphatic hydroxyl groups is 1. The summed E-state index contributed by atoms with van der Waals surface area (Å²) in [5.74, 6) is 0. The third kappa shape index (κ3) is 2.41. The van der Waals surface area contributed by atoms with Crippen LogP contribution in [0.25, 0.3) is 0 Å². The van der Waals surface area contributed by atoms with E-state index in [1.54, 1.807) is 6.07 Å². The highest BCUT2D eigenvalue weighted by Crippen LogP contribution is 2.32. The SMILES string of the molecule is N#Cc1cccc(N2CCCCC2CCO)c1N. The molecule has 2 rings (SSSR count). The Morgan fingerprint density at radius 2 is 2.28 bits per heavy atom. The maximum Gasteiger partial charge on any atom is 0.101 e. The molecule has 0 bridgehead atoms. The number of piperidine rings is 1. The average molecular weight is 245 g/mol. The molecule has 1 saturated heterocycles. The molecule has 0 radical (unpaired) electrons. The maximum absolute atomic E-state index is 9.14. The number of anilines is 2. The summed E-state index contributed by atoms with van der Waals surface area (Å²) in [6.07, 6.45) is 4.17. The summed E-state index contributed by atoms with van der Waals surface area (Å²) in [6.45, 7) is 1.14. The number of nitrogens with two attached hydrogens (primary N) is 1. The summed E-state index contributed by atoms with van der Waals surface area (Å²) < 4.78 is 0. The maximum atomic E-state index is 9.14. The van der Waals surface area contributed by atoms with Gasteiger partial charge in [-0.2, -0.15) is 5.26 Å². The van der Waals surface area contributed by atoms with Crippen LogP contribution in [0.15, 0.2) is 18.2 Å². The summed E-state index contributed by atoms with van der Waals surface area (Å²) in [6, 6.07) is 8.03. The fraction of sp³-hybridized carbons (Fsp3) is 0.500. The highest BCUT2D eigenvalue weighted by molar-refractivity contribution is 5.74. The third-order valence-electron chi connectivity index (χ3n) is 3.60. The van der Waals surface area contributed by atoms with Crippen molar-refractivity contribution in [2.45, 2.75) is 31.7 Å². The van der Waals surface area contributed by atoms with E-state index in [1.165, 1.54) is 6.42 Å². The Bertz CT molecular complexity index is 451. The normalized spacial score (nSPS) is 19.6. The van der Waals surface area contributed by atoms with E-state index in [0.717, 1.165) is 31.5 Å². The van der Waals surface area contributed by atoms with Crippen LogP contribution >= 0.6 is 0 Å². The Morgan fingerprint density at radius 1 is 1.44 bits per heavy atom. The van der Waals surface area contributed by atoms with E-state index < -0.39 is 0 Å². The van der Waals surface area contributed by atoms with Crippen molar-refractivity contribution in [3.8, 4) is 6.07 Å². The second-order valence-corrected chi connectivity index (χ2v) is 4.71. The zero-order chi connectivity index (χ0) is 13.0. The minimum atomic E-state index is 0.193. The molecule has 1 unspecified atom stereocenters. The van der Waals surface area contributed by atoms with E-state index in [2.05, 4.69) is 11.0 Å². The highest BCUT2D eigenvalue weighted by atomic mass is 16.3. The van der Waals surface area contributed by atoms with Gasteiger partial charge < -0.3 is 15.7 Å². The lowest BCUT2D eigenvalue weighted by Gasteiger charge is -2.38. The lowest BCUT2D eigenvalue weighted by molar-refractivity contribution is 0.262. The number of aliphatic hydroxyl groups excluding tert-OH is 1. The minimum Gasteiger partial charge on any atom is -0.396 e. The number of nitrogen functional groups attached to an aromatic ring is 1. The summed E-state index contributed by atoms with van der Waals surface area (Å²) in [7, 11) is 0. The molecule has 96 valence electrons. The second-order valence-electron chi connectivity index (χ2n) is 4.71. The van der Waals surface area contributed by atoms with Gasteiger partial charge >= 0.3 is 0 Å². The molecular weight excluding hydrogens is 226 g/mol. The Balaban J connectivity index is 2.31. The number of nitriles is 1. The first-order valence-corrected chi connectivity index (χ1v) is 6.44. The van der Waals surface area contributed by atoms with Gasteiger partial charge in [-0.3, -0.25) is 0 Å². The smallest absolute Gasteiger partial charge is 0.101 e. The summed E-state index contributed by atoms with van der Waals surface area (Å²) in [5, 5.41) is 18.2. The Hall–Kier alpha value is -1.73. The Morgan fingerprint density at radius 3 is 3.00 bits per heavy atom. The molecule has 1 aromatic rings. The zero-order valence-corrected chi connectivity index (χ0v) is 10.5. The van der Waals surface area contributed by atoms with Gasteiger partial charge in [0.25, 0.3) is 0 Å². The molecule has 4 heteroatoms. The van der Waals surface area contributed by atoms with Crippen LogP contribution in [0.4, 0.5) is 11.4 Å². The van der Waals surface area contributed by atoms with Gasteiger partial charge in [-0.1, -0.05) is 6.07 Å². The molecule has 18 heavy (non-hydrogen) atoms. The van der Waals surface area contributed by atoms with Gasteiger partial charge in [0.15, 0.2) is 0 Å². The fourth-order valence-corrected chi connectivity index (χ4v) is 2.67. The lowest BCUT2D eigenvalue weighted by Crippen LogP contribution is -2.40. The number of hydrogen-bond donors (Lipinski definition) is 2. The molecule has 1 atom stereocenters. The quantitative estimate of drug-likeness (QED) is 0.797. The molecule has 0 aliphatic carbocycles.